The summed E-state index contributed by atoms with van der Waals surface area (Å²) in [6.45, 7) is 2.67. The maximum Gasteiger partial charge on any atom is 0.246 e. The van der Waals surface area contributed by atoms with Gasteiger partial charge in [-0.05, 0) is 30.0 Å². The number of hydrogen-bond donors (Lipinski definition) is 0. The summed E-state index contributed by atoms with van der Waals surface area (Å²) in [5.74, 6) is -2.32. The smallest absolute Gasteiger partial charge is 0.207 e. The van der Waals surface area contributed by atoms with Crippen LogP contribution in [0.25, 0.3) is 0 Å². The van der Waals surface area contributed by atoms with Gasteiger partial charge in [-0.25, -0.2) is 17.2 Å². The van der Waals surface area contributed by atoms with Crippen molar-refractivity contribution in [3.05, 3.63) is 29.3 Å². The van der Waals surface area contributed by atoms with Crippen LogP contribution < -0.4 is 0 Å². The molecule has 2 rings (SSSR count). The average Bonchev–Trinajstić information content (AvgIpc) is 2.91. The first-order valence-corrected chi connectivity index (χ1v) is 8.41. The van der Waals surface area contributed by atoms with E-state index in [-0.39, 0.29) is 17.4 Å². The minimum absolute atomic E-state index is 0.0721. The maximum atomic E-state index is 13.8. The molecule has 0 saturated carbocycles. The predicted octanol–water partition coefficient (Wildman–Crippen LogP) is 3.12. The van der Waals surface area contributed by atoms with E-state index in [1.54, 1.807) is 0 Å². The van der Waals surface area contributed by atoms with E-state index in [0.29, 0.717) is 13.1 Å². The Morgan fingerprint density at radius 3 is 2.65 bits per heavy atom. The highest BCUT2D eigenvalue weighted by Crippen LogP contribution is 2.29. The molecule has 1 aromatic rings. The molecule has 3 nitrogen and oxygen atoms in total. The Balaban J connectivity index is 2.42. The molecular weight excluding hydrogens is 308 g/mol. The Labute approximate surface area is 122 Å². The molecular formula is C13H16ClF2NO2S. The molecule has 1 heterocycles. The van der Waals surface area contributed by atoms with Gasteiger partial charge in [0.05, 0.1) is 0 Å². The van der Waals surface area contributed by atoms with E-state index in [0.717, 1.165) is 25.0 Å². The minimum atomic E-state index is -4.01. The van der Waals surface area contributed by atoms with Crippen molar-refractivity contribution < 1.29 is 17.2 Å². The van der Waals surface area contributed by atoms with Crippen molar-refractivity contribution in [1.82, 2.24) is 4.31 Å². The molecule has 1 aromatic carbocycles. The van der Waals surface area contributed by atoms with Crippen LogP contribution in [-0.4, -0.2) is 25.8 Å². The summed E-state index contributed by atoms with van der Waals surface area (Å²) in [7, 11) is -4.01. The van der Waals surface area contributed by atoms with Crippen LogP contribution in [0.3, 0.4) is 0 Å². The highest BCUT2D eigenvalue weighted by molar-refractivity contribution is 7.89. The van der Waals surface area contributed by atoms with Gasteiger partial charge < -0.3 is 0 Å². The van der Waals surface area contributed by atoms with Crippen LogP contribution >= 0.6 is 11.6 Å². The Morgan fingerprint density at radius 1 is 1.40 bits per heavy atom. The SMILES string of the molecule is CCC1CCN(S(=O)(=O)c2cc(CCl)cc(F)c2F)C1. The second-order valence-electron chi connectivity index (χ2n) is 4.95. The van der Waals surface area contributed by atoms with E-state index in [2.05, 4.69) is 0 Å². The summed E-state index contributed by atoms with van der Waals surface area (Å²) in [4.78, 5) is -0.620. The highest BCUT2D eigenvalue weighted by atomic mass is 35.5. The van der Waals surface area contributed by atoms with E-state index in [1.807, 2.05) is 6.92 Å². The molecule has 1 aliphatic heterocycles. The van der Waals surface area contributed by atoms with Crippen molar-refractivity contribution in [3.63, 3.8) is 0 Å². The lowest BCUT2D eigenvalue weighted by Crippen LogP contribution is -2.30. The fourth-order valence-electron chi connectivity index (χ4n) is 2.37. The Kier molecular flexibility index (Phi) is 4.66. The summed E-state index contributed by atoms with van der Waals surface area (Å²) < 4.78 is 53.3. The van der Waals surface area contributed by atoms with Gasteiger partial charge in [-0.3, -0.25) is 0 Å². The monoisotopic (exact) mass is 323 g/mol. The van der Waals surface area contributed by atoms with E-state index in [9.17, 15) is 17.2 Å². The number of alkyl halides is 1. The molecule has 1 saturated heterocycles. The average molecular weight is 324 g/mol. The van der Waals surface area contributed by atoms with Crippen LogP contribution in [0.5, 0.6) is 0 Å². The van der Waals surface area contributed by atoms with Crippen molar-refractivity contribution >= 4 is 21.6 Å². The predicted molar refractivity (Wildman–Crippen MR) is 73.1 cm³/mol. The van der Waals surface area contributed by atoms with Crippen LogP contribution in [-0.2, 0) is 15.9 Å². The second kappa shape index (κ2) is 5.95. The second-order valence-corrected chi connectivity index (χ2v) is 7.12. The Bertz CT molecular complexity index is 607. The van der Waals surface area contributed by atoms with Crippen LogP contribution in [0.1, 0.15) is 25.3 Å². The highest BCUT2D eigenvalue weighted by Gasteiger charge is 2.34. The topological polar surface area (TPSA) is 37.4 Å². The van der Waals surface area contributed by atoms with Crippen LogP contribution in [0, 0.1) is 17.6 Å². The zero-order valence-corrected chi connectivity index (χ0v) is 12.6. The van der Waals surface area contributed by atoms with Crippen molar-refractivity contribution in [2.24, 2.45) is 5.92 Å². The van der Waals surface area contributed by atoms with E-state index in [4.69, 9.17) is 11.6 Å². The maximum absolute atomic E-state index is 13.8. The van der Waals surface area contributed by atoms with Gasteiger partial charge in [0.2, 0.25) is 10.0 Å². The molecule has 1 atom stereocenters. The lowest BCUT2D eigenvalue weighted by Gasteiger charge is -2.17. The van der Waals surface area contributed by atoms with Crippen molar-refractivity contribution in [2.75, 3.05) is 13.1 Å². The molecule has 1 aliphatic rings. The fraction of sp³-hybridized carbons (Fsp3) is 0.538. The lowest BCUT2D eigenvalue weighted by molar-refractivity contribution is 0.439. The normalized spacial score (nSPS) is 20.5. The van der Waals surface area contributed by atoms with Gasteiger partial charge in [0.25, 0.3) is 0 Å². The van der Waals surface area contributed by atoms with Crippen molar-refractivity contribution in [2.45, 2.75) is 30.5 Å². The summed E-state index contributed by atoms with van der Waals surface area (Å²) in [6.07, 6.45) is 1.61. The molecule has 0 radical (unpaired) electrons. The number of hydrogen-bond acceptors (Lipinski definition) is 2. The Hall–Kier alpha value is -0.720. The first-order chi connectivity index (χ1) is 9.40. The fourth-order valence-corrected chi connectivity index (χ4v) is 4.18. The number of halogens is 3. The molecule has 7 heteroatoms. The van der Waals surface area contributed by atoms with Gasteiger partial charge in [0.15, 0.2) is 11.6 Å². The van der Waals surface area contributed by atoms with Gasteiger partial charge in [0.1, 0.15) is 4.90 Å². The largest absolute Gasteiger partial charge is 0.246 e. The van der Waals surface area contributed by atoms with E-state index in [1.165, 1.54) is 4.31 Å². The third-order valence-corrected chi connectivity index (χ3v) is 5.83. The molecule has 1 unspecified atom stereocenters. The third kappa shape index (κ3) is 2.82. The van der Waals surface area contributed by atoms with Crippen molar-refractivity contribution in [1.29, 1.82) is 0 Å². The molecule has 1 fully saturated rings. The molecule has 0 aliphatic carbocycles. The molecule has 0 spiro atoms. The van der Waals surface area contributed by atoms with Crippen LogP contribution in [0.4, 0.5) is 8.78 Å². The summed E-state index contributed by atoms with van der Waals surface area (Å²) in [5, 5.41) is 0. The van der Waals surface area contributed by atoms with E-state index < -0.39 is 26.6 Å². The summed E-state index contributed by atoms with van der Waals surface area (Å²) in [6, 6.07) is 2.03. The molecule has 0 amide bonds. The molecule has 0 N–H and O–H groups in total. The van der Waals surface area contributed by atoms with Crippen molar-refractivity contribution in [3.8, 4) is 0 Å². The third-order valence-electron chi connectivity index (χ3n) is 3.65. The standard InChI is InChI=1S/C13H16ClF2NO2S/c1-2-9-3-4-17(8-9)20(18,19)12-6-10(7-14)5-11(15)13(12)16/h5-6,9H,2-4,7-8H2,1H3. The summed E-state index contributed by atoms with van der Waals surface area (Å²) >= 11 is 5.58. The minimum Gasteiger partial charge on any atom is -0.207 e. The molecule has 20 heavy (non-hydrogen) atoms. The van der Waals surface area contributed by atoms with Gasteiger partial charge in [-0.15, -0.1) is 11.6 Å². The molecule has 0 aromatic heterocycles. The first kappa shape index (κ1) is 15.7. The van der Waals surface area contributed by atoms with Gasteiger partial charge >= 0.3 is 0 Å². The summed E-state index contributed by atoms with van der Waals surface area (Å²) in [5.41, 5.74) is 0.246. The lowest BCUT2D eigenvalue weighted by atomic mass is 10.1. The van der Waals surface area contributed by atoms with Gasteiger partial charge in [-0.2, -0.15) is 4.31 Å². The quantitative estimate of drug-likeness (QED) is 0.798. The zero-order valence-electron chi connectivity index (χ0n) is 11.1. The van der Waals surface area contributed by atoms with Gasteiger partial charge in [-0.1, -0.05) is 13.3 Å². The number of nitrogens with zero attached hydrogens (tertiary/aromatic N) is 1. The zero-order chi connectivity index (χ0) is 14.9. The number of rotatable bonds is 4. The molecule has 112 valence electrons. The molecule has 0 bridgehead atoms. The number of benzene rings is 1. The van der Waals surface area contributed by atoms with Gasteiger partial charge in [0, 0.05) is 19.0 Å². The van der Waals surface area contributed by atoms with E-state index >= 15 is 0 Å². The first-order valence-electron chi connectivity index (χ1n) is 6.44. The number of sulfonamides is 1. The Morgan fingerprint density at radius 2 is 2.10 bits per heavy atom. The van der Waals surface area contributed by atoms with Crippen LogP contribution in [0.15, 0.2) is 17.0 Å². The van der Waals surface area contributed by atoms with Crippen LogP contribution in [0.2, 0.25) is 0 Å².